The third-order valence-electron chi connectivity index (χ3n) is 3.76. The largest absolute Gasteiger partial charge is 0.457 e. The molecule has 0 unspecified atom stereocenters. The van der Waals surface area contributed by atoms with Gasteiger partial charge in [-0.1, -0.05) is 32.9 Å². The average molecular weight is 283 g/mol. The summed E-state index contributed by atoms with van der Waals surface area (Å²) in [6.45, 7) is 6.64. The van der Waals surface area contributed by atoms with Crippen molar-refractivity contribution in [2.75, 3.05) is 0 Å². The van der Waals surface area contributed by atoms with Crippen LogP contribution in [0.4, 0.5) is 0 Å². The van der Waals surface area contributed by atoms with Crippen LogP contribution in [-0.2, 0) is 5.41 Å². The van der Waals surface area contributed by atoms with Crippen molar-refractivity contribution in [1.29, 1.82) is 5.41 Å². The van der Waals surface area contributed by atoms with Crippen molar-refractivity contribution in [2.45, 2.75) is 32.6 Å². The summed E-state index contributed by atoms with van der Waals surface area (Å²) in [6, 6.07) is 11.5. The van der Waals surface area contributed by atoms with Crippen molar-refractivity contribution in [2.24, 2.45) is 5.73 Å². The number of nitrogens with two attached hydrogens (primary N) is 1. The molecule has 0 fully saturated rings. The summed E-state index contributed by atoms with van der Waals surface area (Å²) in [6.07, 6.45) is 2.67. The Balaban J connectivity index is 2.17. The molecule has 0 aliphatic heterocycles. The SMILES string of the molecule is CCC(C)(C)c1ccc(Oc2ccnc(C(=N)N)c2)cc1. The van der Waals surface area contributed by atoms with Crippen LogP contribution < -0.4 is 10.5 Å². The van der Waals surface area contributed by atoms with E-state index < -0.39 is 0 Å². The molecule has 0 saturated carbocycles. The second-order valence-electron chi connectivity index (χ2n) is 5.65. The first-order valence-corrected chi connectivity index (χ1v) is 7.01. The van der Waals surface area contributed by atoms with Crippen molar-refractivity contribution in [3.8, 4) is 11.5 Å². The Bertz CT molecular complexity index is 633. The molecular formula is C17H21N3O. The van der Waals surface area contributed by atoms with E-state index in [0.717, 1.165) is 12.2 Å². The number of ether oxygens (including phenoxy) is 1. The molecule has 110 valence electrons. The molecule has 0 saturated heterocycles. The van der Waals surface area contributed by atoms with Crippen molar-refractivity contribution in [3.63, 3.8) is 0 Å². The second-order valence-corrected chi connectivity index (χ2v) is 5.65. The zero-order chi connectivity index (χ0) is 15.5. The molecule has 0 aliphatic carbocycles. The summed E-state index contributed by atoms with van der Waals surface area (Å²) >= 11 is 0. The summed E-state index contributed by atoms with van der Waals surface area (Å²) < 4.78 is 5.78. The zero-order valence-corrected chi connectivity index (χ0v) is 12.7. The lowest BCUT2D eigenvalue weighted by molar-refractivity contribution is 0.477. The Labute approximate surface area is 125 Å². The average Bonchev–Trinajstić information content (AvgIpc) is 2.48. The van der Waals surface area contributed by atoms with Gasteiger partial charge in [0.25, 0.3) is 0 Å². The highest BCUT2D eigenvalue weighted by Crippen LogP contribution is 2.29. The Morgan fingerprint density at radius 1 is 1.19 bits per heavy atom. The van der Waals surface area contributed by atoms with Gasteiger partial charge in [0.05, 0.1) is 0 Å². The fraction of sp³-hybridized carbons (Fsp3) is 0.294. The van der Waals surface area contributed by atoms with E-state index in [1.807, 2.05) is 12.1 Å². The maximum Gasteiger partial charge on any atom is 0.141 e. The minimum atomic E-state index is -0.0690. The normalized spacial score (nSPS) is 11.2. The van der Waals surface area contributed by atoms with E-state index in [1.54, 1.807) is 18.3 Å². The Morgan fingerprint density at radius 2 is 1.86 bits per heavy atom. The first-order valence-electron chi connectivity index (χ1n) is 7.01. The van der Waals surface area contributed by atoms with Crippen LogP contribution >= 0.6 is 0 Å². The van der Waals surface area contributed by atoms with Gasteiger partial charge in [0.15, 0.2) is 0 Å². The summed E-state index contributed by atoms with van der Waals surface area (Å²) in [7, 11) is 0. The van der Waals surface area contributed by atoms with Crippen molar-refractivity contribution in [1.82, 2.24) is 4.98 Å². The molecule has 2 rings (SSSR count). The van der Waals surface area contributed by atoms with Gasteiger partial charge in [0.1, 0.15) is 23.0 Å². The van der Waals surface area contributed by atoms with Crippen LogP contribution in [0.2, 0.25) is 0 Å². The van der Waals surface area contributed by atoms with Gasteiger partial charge in [-0.25, -0.2) is 0 Å². The monoisotopic (exact) mass is 283 g/mol. The van der Waals surface area contributed by atoms with E-state index in [2.05, 4.69) is 37.9 Å². The van der Waals surface area contributed by atoms with Crippen molar-refractivity contribution in [3.05, 3.63) is 53.9 Å². The highest BCUT2D eigenvalue weighted by atomic mass is 16.5. The zero-order valence-electron chi connectivity index (χ0n) is 12.7. The van der Waals surface area contributed by atoms with Gasteiger partial charge in [-0.05, 0) is 35.6 Å². The number of nitrogens with one attached hydrogen (secondary N) is 1. The van der Waals surface area contributed by atoms with E-state index in [1.165, 1.54) is 5.56 Å². The third-order valence-corrected chi connectivity index (χ3v) is 3.76. The van der Waals surface area contributed by atoms with E-state index in [-0.39, 0.29) is 11.3 Å². The molecule has 0 bridgehead atoms. The number of hydrogen-bond acceptors (Lipinski definition) is 3. The van der Waals surface area contributed by atoms with E-state index in [0.29, 0.717) is 11.4 Å². The number of nitrogen functional groups attached to an aromatic ring is 1. The first-order chi connectivity index (χ1) is 9.92. The highest BCUT2D eigenvalue weighted by Gasteiger charge is 2.17. The number of aromatic nitrogens is 1. The molecule has 0 spiro atoms. The predicted molar refractivity (Wildman–Crippen MR) is 85.1 cm³/mol. The number of nitrogens with zero attached hydrogens (tertiary/aromatic N) is 1. The topological polar surface area (TPSA) is 72.0 Å². The molecule has 21 heavy (non-hydrogen) atoms. The summed E-state index contributed by atoms with van der Waals surface area (Å²) in [5, 5.41) is 7.39. The fourth-order valence-corrected chi connectivity index (χ4v) is 1.94. The second kappa shape index (κ2) is 5.95. The quantitative estimate of drug-likeness (QED) is 0.646. The van der Waals surface area contributed by atoms with Crippen LogP contribution in [-0.4, -0.2) is 10.8 Å². The molecule has 3 N–H and O–H groups in total. The standard InChI is InChI=1S/C17H21N3O/c1-4-17(2,3)12-5-7-13(8-6-12)21-14-9-10-20-15(11-14)16(18)19/h5-11H,4H2,1-3H3,(H3,18,19). The van der Waals surface area contributed by atoms with Gasteiger partial charge in [0, 0.05) is 12.3 Å². The summed E-state index contributed by atoms with van der Waals surface area (Å²) in [5.41, 5.74) is 7.29. The molecule has 0 amide bonds. The van der Waals surface area contributed by atoms with Gasteiger partial charge in [-0.3, -0.25) is 10.4 Å². The first kappa shape index (κ1) is 15.0. The van der Waals surface area contributed by atoms with Crippen LogP contribution in [0.25, 0.3) is 0 Å². The Morgan fingerprint density at radius 3 is 2.43 bits per heavy atom. The Kier molecular flexibility index (Phi) is 4.26. The Hall–Kier alpha value is -2.36. The molecule has 4 heteroatoms. The van der Waals surface area contributed by atoms with Crippen molar-refractivity contribution < 1.29 is 4.74 Å². The maximum absolute atomic E-state index is 7.39. The van der Waals surface area contributed by atoms with Crippen molar-refractivity contribution >= 4 is 5.84 Å². The number of amidine groups is 1. The highest BCUT2D eigenvalue weighted by molar-refractivity contribution is 5.93. The molecule has 0 atom stereocenters. The van der Waals surface area contributed by atoms with Crippen LogP contribution in [0, 0.1) is 5.41 Å². The van der Waals surface area contributed by atoms with Gasteiger partial charge in [-0.15, -0.1) is 0 Å². The number of rotatable bonds is 5. The van der Waals surface area contributed by atoms with Gasteiger partial charge < -0.3 is 10.5 Å². The van der Waals surface area contributed by atoms with Gasteiger partial charge in [0.2, 0.25) is 0 Å². The molecule has 1 aromatic heterocycles. The molecule has 1 aromatic carbocycles. The summed E-state index contributed by atoms with van der Waals surface area (Å²) in [5.74, 6) is 1.31. The van der Waals surface area contributed by atoms with Gasteiger partial charge in [-0.2, -0.15) is 0 Å². The van der Waals surface area contributed by atoms with Crippen LogP contribution in [0.1, 0.15) is 38.4 Å². The molecule has 0 aliphatic rings. The number of benzene rings is 1. The van der Waals surface area contributed by atoms with E-state index >= 15 is 0 Å². The summed E-state index contributed by atoms with van der Waals surface area (Å²) in [4.78, 5) is 4.01. The minimum Gasteiger partial charge on any atom is -0.457 e. The lowest BCUT2D eigenvalue weighted by atomic mass is 9.82. The van der Waals surface area contributed by atoms with Crippen LogP contribution in [0.15, 0.2) is 42.6 Å². The minimum absolute atomic E-state index is 0.0690. The smallest absolute Gasteiger partial charge is 0.141 e. The lowest BCUT2D eigenvalue weighted by Crippen LogP contribution is -2.14. The van der Waals surface area contributed by atoms with Crippen LogP contribution in [0.3, 0.4) is 0 Å². The molecule has 4 nitrogen and oxygen atoms in total. The number of hydrogen-bond donors (Lipinski definition) is 2. The molecule has 2 aromatic rings. The van der Waals surface area contributed by atoms with E-state index in [9.17, 15) is 0 Å². The van der Waals surface area contributed by atoms with E-state index in [4.69, 9.17) is 15.9 Å². The molecular weight excluding hydrogens is 262 g/mol. The molecule has 0 radical (unpaired) electrons. The third kappa shape index (κ3) is 3.60. The van der Waals surface area contributed by atoms with Crippen LogP contribution in [0.5, 0.6) is 11.5 Å². The molecule has 1 heterocycles. The number of pyridine rings is 1. The van der Waals surface area contributed by atoms with Gasteiger partial charge >= 0.3 is 0 Å². The lowest BCUT2D eigenvalue weighted by Gasteiger charge is -2.23. The maximum atomic E-state index is 7.39. The fourth-order valence-electron chi connectivity index (χ4n) is 1.94. The predicted octanol–water partition coefficient (Wildman–Crippen LogP) is 3.85.